The molecule has 0 radical (unpaired) electrons. The Labute approximate surface area is 282 Å². The molecule has 0 spiro atoms. The lowest BCUT2D eigenvalue weighted by Gasteiger charge is -2.42. The number of piperazine rings is 1. The maximum absolute atomic E-state index is 12.9. The van der Waals surface area contributed by atoms with Gasteiger partial charge in [0.15, 0.2) is 0 Å². The van der Waals surface area contributed by atoms with Gasteiger partial charge in [-0.15, -0.1) is 0 Å². The number of carbonyl (C=O) groups excluding carboxylic acids is 1. The van der Waals surface area contributed by atoms with E-state index in [1.54, 1.807) is 4.90 Å². The summed E-state index contributed by atoms with van der Waals surface area (Å²) >= 11 is 0. The first-order valence-corrected chi connectivity index (χ1v) is 21.5. The minimum Gasteiger partial charge on any atom is -0.543 e. The highest BCUT2D eigenvalue weighted by molar-refractivity contribution is 7.90. The predicted octanol–water partition coefficient (Wildman–Crippen LogP) is 7.38. The predicted molar refractivity (Wildman–Crippen MR) is 191 cm³/mol. The van der Waals surface area contributed by atoms with Gasteiger partial charge in [0, 0.05) is 37.5 Å². The Balaban J connectivity index is 1.54. The first-order chi connectivity index (χ1) is 21.6. The van der Waals surface area contributed by atoms with Crippen molar-refractivity contribution in [1.82, 2.24) is 14.9 Å². The fraction of sp³-hybridized carbons (Fsp3) is 0.583. The largest absolute Gasteiger partial charge is 0.543 e. The molecule has 1 amide bonds. The number of nitrogens with zero attached hydrogens (tertiary/aromatic N) is 4. The third-order valence-corrected chi connectivity index (χ3v) is 15.2. The summed E-state index contributed by atoms with van der Waals surface area (Å²) in [5.41, 5.74) is 2.40. The number of rotatable bonds is 5. The van der Waals surface area contributed by atoms with Gasteiger partial charge in [-0.05, 0) is 99.0 Å². The molecule has 5 rings (SSSR count). The molecule has 2 heterocycles. The van der Waals surface area contributed by atoms with E-state index in [1.807, 2.05) is 27.7 Å². The second kappa shape index (κ2) is 12.4. The van der Waals surface area contributed by atoms with E-state index in [0.29, 0.717) is 38.3 Å². The van der Waals surface area contributed by atoms with Crippen molar-refractivity contribution in [3.05, 3.63) is 53.2 Å². The monoisotopic (exact) mass is 680 g/mol. The van der Waals surface area contributed by atoms with E-state index in [4.69, 9.17) is 19.1 Å². The van der Waals surface area contributed by atoms with Crippen LogP contribution in [0.3, 0.4) is 0 Å². The van der Waals surface area contributed by atoms with E-state index in [9.17, 15) is 13.2 Å². The smallest absolute Gasteiger partial charge is 0.410 e. The number of fused-ring (bicyclic) bond motifs is 2. The van der Waals surface area contributed by atoms with Crippen molar-refractivity contribution in [2.75, 3.05) is 30.8 Å². The number of aromatic nitrogens is 2. The van der Waals surface area contributed by atoms with Crippen LogP contribution in [-0.2, 0) is 27.4 Å². The molecule has 0 N–H and O–H groups in total. The average molecular weight is 681 g/mol. The number of ether oxygens (including phenoxy) is 1. The first-order valence-electron chi connectivity index (χ1n) is 16.7. The van der Waals surface area contributed by atoms with Crippen molar-refractivity contribution < 1.29 is 22.4 Å². The van der Waals surface area contributed by atoms with Crippen LogP contribution in [-0.4, -0.2) is 75.2 Å². The minimum absolute atomic E-state index is 0.0563. The molecule has 3 atom stereocenters. The van der Waals surface area contributed by atoms with Crippen molar-refractivity contribution in [1.29, 1.82) is 0 Å². The van der Waals surface area contributed by atoms with Gasteiger partial charge in [0.25, 0.3) is 0 Å². The standard InChI is InChI=1S/C36H52N4O5SSi/c1-23-18-30-31(21-28(23)29-20-26(45-47(10,11)36(6,7)8)19-25-14-12-13-15-27(25)29)37-33(46(9,42)43)38-32(30)40-17-16-39(22-24(40)2)34(41)44-35(3,4)5/h12-15,19-20,23-24,28H,16-18,21-22H2,1-11H3/t23?,24-,28?/m0/s1. The maximum Gasteiger partial charge on any atom is 0.410 e. The van der Waals surface area contributed by atoms with E-state index < -0.39 is 23.8 Å². The normalized spacial score (nSPS) is 21.0. The van der Waals surface area contributed by atoms with Crippen LogP contribution < -0.4 is 9.33 Å². The highest BCUT2D eigenvalue weighted by atomic mass is 32.2. The number of amides is 1. The summed E-state index contributed by atoms with van der Waals surface area (Å²) in [6.45, 7) is 22.6. The van der Waals surface area contributed by atoms with Gasteiger partial charge in [0.05, 0.1) is 5.69 Å². The fourth-order valence-electron chi connectivity index (χ4n) is 6.46. The lowest BCUT2D eigenvalue weighted by molar-refractivity contribution is 0.0218. The van der Waals surface area contributed by atoms with Gasteiger partial charge in [-0.25, -0.2) is 23.2 Å². The second-order valence-electron chi connectivity index (χ2n) is 16.1. The SMILES string of the molecule is CC1Cc2c(nc(S(C)(=O)=O)nc2N2CCN(C(=O)OC(C)(C)C)C[C@@H]2C)CC1c1cc(O[Si](C)(C)C(C)(C)C)cc2ccccc12. The molecular weight excluding hydrogens is 629 g/mol. The van der Waals surface area contributed by atoms with E-state index in [0.717, 1.165) is 22.4 Å². The van der Waals surface area contributed by atoms with Gasteiger partial charge in [-0.2, -0.15) is 0 Å². The molecule has 1 fully saturated rings. The quantitative estimate of drug-likeness (QED) is 0.203. The molecule has 1 aliphatic heterocycles. The molecule has 47 heavy (non-hydrogen) atoms. The van der Waals surface area contributed by atoms with Crippen molar-refractivity contribution in [3.63, 3.8) is 0 Å². The van der Waals surface area contributed by atoms with E-state index in [-0.39, 0.29) is 34.2 Å². The number of hydrogen-bond donors (Lipinski definition) is 0. The van der Waals surface area contributed by atoms with E-state index >= 15 is 0 Å². The van der Waals surface area contributed by atoms with Crippen LogP contribution >= 0.6 is 0 Å². The molecule has 0 bridgehead atoms. The lowest BCUT2D eigenvalue weighted by atomic mass is 9.74. The summed E-state index contributed by atoms with van der Waals surface area (Å²) in [6, 6.07) is 12.7. The van der Waals surface area contributed by atoms with Crippen LogP contribution in [0.25, 0.3) is 10.8 Å². The van der Waals surface area contributed by atoms with Crippen molar-refractivity contribution in [2.24, 2.45) is 5.92 Å². The van der Waals surface area contributed by atoms with E-state index in [2.05, 4.69) is 82.1 Å². The molecule has 2 aromatic carbocycles. The molecule has 11 heteroatoms. The van der Waals surface area contributed by atoms with Crippen LogP contribution in [0.4, 0.5) is 10.6 Å². The number of benzene rings is 2. The van der Waals surface area contributed by atoms with Gasteiger partial charge < -0.3 is 19.0 Å². The van der Waals surface area contributed by atoms with Crippen molar-refractivity contribution >= 4 is 40.8 Å². The first kappa shape index (κ1) is 35.1. The zero-order valence-corrected chi connectivity index (χ0v) is 31.8. The Bertz CT molecular complexity index is 1780. The molecule has 3 aromatic rings. The Morgan fingerprint density at radius 1 is 0.979 bits per heavy atom. The summed E-state index contributed by atoms with van der Waals surface area (Å²) in [5.74, 6) is 1.89. The number of sulfone groups is 1. The zero-order valence-electron chi connectivity index (χ0n) is 30.0. The summed E-state index contributed by atoms with van der Waals surface area (Å²) in [7, 11) is -5.77. The van der Waals surface area contributed by atoms with Crippen LogP contribution in [0, 0.1) is 5.92 Å². The van der Waals surface area contributed by atoms with Gasteiger partial charge in [0.2, 0.25) is 23.3 Å². The van der Waals surface area contributed by atoms with Crippen molar-refractivity contribution in [3.8, 4) is 5.75 Å². The molecule has 2 aliphatic rings. The zero-order chi connectivity index (χ0) is 34.7. The highest BCUT2D eigenvalue weighted by Gasteiger charge is 2.40. The molecule has 0 saturated carbocycles. The highest BCUT2D eigenvalue weighted by Crippen LogP contribution is 2.45. The van der Waals surface area contributed by atoms with Gasteiger partial charge in [-0.1, -0.05) is 52.0 Å². The summed E-state index contributed by atoms with van der Waals surface area (Å²) in [4.78, 5) is 26.1. The fourth-order valence-corrected chi connectivity index (χ4v) is 8.00. The van der Waals surface area contributed by atoms with Crippen LogP contribution in [0.1, 0.15) is 78.1 Å². The van der Waals surface area contributed by atoms with Gasteiger partial charge in [-0.3, -0.25) is 0 Å². The second-order valence-corrected chi connectivity index (χ2v) is 22.7. The van der Waals surface area contributed by atoms with Crippen molar-refractivity contribution in [2.45, 2.75) is 109 Å². The number of anilines is 1. The van der Waals surface area contributed by atoms with Crippen LogP contribution in [0.5, 0.6) is 5.75 Å². The third-order valence-electron chi connectivity index (χ3n) is 10.0. The summed E-state index contributed by atoms with van der Waals surface area (Å²) < 4.78 is 38.3. The number of hydrogen-bond acceptors (Lipinski definition) is 8. The van der Waals surface area contributed by atoms with Gasteiger partial charge in [0.1, 0.15) is 17.2 Å². The Morgan fingerprint density at radius 2 is 1.66 bits per heavy atom. The van der Waals surface area contributed by atoms with Crippen LogP contribution in [0.15, 0.2) is 41.6 Å². The topological polar surface area (TPSA) is 102 Å². The molecule has 256 valence electrons. The summed E-state index contributed by atoms with van der Waals surface area (Å²) in [6.07, 6.45) is 2.13. The maximum atomic E-state index is 12.9. The summed E-state index contributed by atoms with van der Waals surface area (Å²) in [5, 5.41) is 2.22. The molecule has 2 unspecified atom stereocenters. The molecule has 1 aliphatic carbocycles. The Morgan fingerprint density at radius 3 is 2.28 bits per heavy atom. The molecule has 9 nitrogen and oxygen atoms in total. The number of carbonyl (C=O) groups is 1. The average Bonchev–Trinajstić information content (AvgIpc) is 2.94. The molecule has 1 saturated heterocycles. The minimum atomic E-state index is -3.68. The van der Waals surface area contributed by atoms with E-state index in [1.165, 1.54) is 17.2 Å². The third kappa shape index (κ3) is 7.46. The van der Waals surface area contributed by atoms with Crippen LogP contribution in [0.2, 0.25) is 18.1 Å². The Hall–Kier alpha value is -3.18. The Kier molecular flexibility index (Phi) is 9.24. The lowest BCUT2D eigenvalue weighted by Crippen LogP contribution is -2.55. The molecular formula is C36H52N4O5SSi. The molecule has 1 aromatic heterocycles. The van der Waals surface area contributed by atoms with Gasteiger partial charge >= 0.3 is 6.09 Å².